The van der Waals surface area contributed by atoms with Gasteiger partial charge in [-0.05, 0) is 38.5 Å². The van der Waals surface area contributed by atoms with Crippen molar-refractivity contribution in [2.75, 3.05) is 5.75 Å². The van der Waals surface area contributed by atoms with Crippen LogP contribution in [0.15, 0.2) is 52.2 Å². The van der Waals surface area contributed by atoms with Gasteiger partial charge in [-0.1, -0.05) is 36.0 Å². The zero-order valence-electron chi connectivity index (χ0n) is 14.1. The van der Waals surface area contributed by atoms with E-state index in [0.717, 1.165) is 27.9 Å². The molecule has 1 aromatic carbocycles. The van der Waals surface area contributed by atoms with Gasteiger partial charge in [0, 0.05) is 11.3 Å². The molecule has 0 amide bonds. The number of hydrogen-bond donors (Lipinski definition) is 1. The average Bonchev–Trinajstić information content (AvgIpc) is 3.16. The number of nitrogens with zero attached hydrogens (tertiary/aromatic N) is 3. The van der Waals surface area contributed by atoms with E-state index < -0.39 is 5.60 Å². The minimum atomic E-state index is -0.769. The molecule has 0 unspecified atom stereocenters. The van der Waals surface area contributed by atoms with Crippen molar-refractivity contribution in [2.24, 2.45) is 0 Å². The maximum atomic E-state index is 10.00. The molecule has 0 fully saturated rings. The predicted molar refractivity (Wildman–Crippen MR) is 95.0 cm³/mol. The van der Waals surface area contributed by atoms with Gasteiger partial charge in [0.05, 0.1) is 18.4 Å². The SMILES string of the molecule is Cc1ccccc1-c1nnc(SCC(C)(C)O)n1Cc1ccco1. The number of aromatic nitrogens is 3. The van der Waals surface area contributed by atoms with Crippen molar-refractivity contribution < 1.29 is 9.52 Å². The fourth-order valence-electron chi connectivity index (χ4n) is 2.36. The van der Waals surface area contributed by atoms with Gasteiger partial charge in [-0.15, -0.1) is 10.2 Å². The summed E-state index contributed by atoms with van der Waals surface area (Å²) in [6.07, 6.45) is 1.66. The van der Waals surface area contributed by atoms with Crippen molar-refractivity contribution in [3.05, 3.63) is 54.0 Å². The summed E-state index contributed by atoms with van der Waals surface area (Å²) in [5.41, 5.74) is 1.42. The van der Waals surface area contributed by atoms with Crippen LogP contribution in [0.3, 0.4) is 0 Å². The van der Waals surface area contributed by atoms with E-state index in [0.29, 0.717) is 12.3 Å². The Morgan fingerprint density at radius 1 is 1.17 bits per heavy atom. The Labute approximate surface area is 145 Å². The lowest BCUT2D eigenvalue weighted by Gasteiger charge is -2.16. The first-order valence-electron chi connectivity index (χ1n) is 7.81. The highest BCUT2D eigenvalue weighted by atomic mass is 32.2. The summed E-state index contributed by atoms with van der Waals surface area (Å²) in [7, 11) is 0. The van der Waals surface area contributed by atoms with Crippen LogP contribution >= 0.6 is 11.8 Å². The molecule has 0 radical (unpaired) electrons. The Kier molecular flexibility index (Phi) is 4.78. The van der Waals surface area contributed by atoms with Crippen LogP contribution in [-0.4, -0.2) is 31.2 Å². The topological polar surface area (TPSA) is 64.1 Å². The Balaban J connectivity index is 1.99. The Bertz CT molecular complexity index is 804. The van der Waals surface area contributed by atoms with Crippen LogP contribution in [0.25, 0.3) is 11.4 Å². The average molecular weight is 343 g/mol. The molecule has 0 atom stereocenters. The van der Waals surface area contributed by atoms with Crippen LogP contribution in [0.1, 0.15) is 25.2 Å². The van der Waals surface area contributed by atoms with E-state index in [9.17, 15) is 5.11 Å². The standard InChI is InChI=1S/C18H21N3O2S/c1-13-7-4-5-9-15(13)16-19-20-17(24-12-18(2,3)22)21(16)11-14-8-6-10-23-14/h4-10,22H,11-12H2,1-3H3. The minimum absolute atomic E-state index is 0.539. The molecule has 1 N–H and O–H groups in total. The van der Waals surface area contributed by atoms with Gasteiger partial charge in [0.2, 0.25) is 0 Å². The number of thioether (sulfide) groups is 1. The molecule has 3 aromatic rings. The Morgan fingerprint density at radius 3 is 2.62 bits per heavy atom. The molecule has 24 heavy (non-hydrogen) atoms. The van der Waals surface area contributed by atoms with Crippen molar-refractivity contribution in [1.29, 1.82) is 0 Å². The largest absolute Gasteiger partial charge is 0.467 e. The molecule has 0 aliphatic carbocycles. The summed E-state index contributed by atoms with van der Waals surface area (Å²) in [6, 6.07) is 11.9. The highest BCUT2D eigenvalue weighted by molar-refractivity contribution is 7.99. The molecule has 0 aliphatic heterocycles. The monoisotopic (exact) mass is 343 g/mol. The van der Waals surface area contributed by atoms with Gasteiger partial charge >= 0.3 is 0 Å². The van der Waals surface area contributed by atoms with E-state index in [1.54, 1.807) is 20.1 Å². The number of aliphatic hydroxyl groups is 1. The number of hydrogen-bond acceptors (Lipinski definition) is 5. The molecule has 0 saturated carbocycles. The summed E-state index contributed by atoms with van der Waals surface area (Å²) in [5.74, 6) is 2.19. The summed E-state index contributed by atoms with van der Waals surface area (Å²) in [5, 5.41) is 19.5. The number of aryl methyl sites for hydroxylation is 1. The first kappa shape index (κ1) is 16.8. The molecule has 126 valence electrons. The van der Waals surface area contributed by atoms with Gasteiger partial charge in [-0.25, -0.2) is 0 Å². The van der Waals surface area contributed by atoms with E-state index in [2.05, 4.69) is 23.2 Å². The van der Waals surface area contributed by atoms with Crippen molar-refractivity contribution in [1.82, 2.24) is 14.8 Å². The van der Waals surface area contributed by atoms with Crippen LogP contribution in [0.2, 0.25) is 0 Å². The quantitative estimate of drug-likeness (QED) is 0.691. The van der Waals surface area contributed by atoms with Gasteiger partial charge in [-0.2, -0.15) is 0 Å². The Hall–Kier alpha value is -2.05. The molecule has 0 bridgehead atoms. The second-order valence-corrected chi connectivity index (χ2v) is 7.33. The van der Waals surface area contributed by atoms with Crippen molar-refractivity contribution in [2.45, 2.75) is 38.1 Å². The Morgan fingerprint density at radius 2 is 1.96 bits per heavy atom. The van der Waals surface area contributed by atoms with Crippen LogP contribution in [0.5, 0.6) is 0 Å². The first-order chi connectivity index (χ1) is 11.4. The third kappa shape index (κ3) is 3.88. The van der Waals surface area contributed by atoms with Crippen LogP contribution in [0, 0.1) is 6.92 Å². The van der Waals surface area contributed by atoms with Crippen molar-refractivity contribution in [3.8, 4) is 11.4 Å². The van der Waals surface area contributed by atoms with E-state index >= 15 is 0 Å². The predicted octanol–water partition coefficient (Wildman–Crippen LogP) is 3.76. The van der Waals surface area contributed by atoms with Crippen LogP contribution < -0.4 is 0 Å². The molecule has 5 nitrogen and oxygen atoms in total. The molecule has 3 rings (SSSR count). The molecule has 2 heterocycles. The summed E-state index contributed by atoms with van der Waals surface area (Å²) in [6.45, 7) is 6.19. The van der Waals surface area contributed by atoms with Gasteiger partial charge < -0.3 is 9.52 Å². The lowest BCUT2D eigenvalue weighted by Crippen LogP contribution is -2.22. The van der Waals surface area contributed by atoms with Crippen LogP contribution in [0.4, 0.5) is 0 Å². The lowest BCUT2D eigenvalue weighted by molar-refractivity contribution is 0.107. The fourth-order valence-corrected chi connectivity index (χ4v) is 3.25. The van der Waals surface area contributed by atoms with E-state index in [1.165, 1.54) is 11.8 Å². The van der Waals surface area contributed by atoms with Crippen molar-refractivity contribution in [3.63, 3.8) is 0 Å². The van der Waals surface area contributed by atoms with Gasteiger partial charge in [0.1, 0.15) is 5.76 Å². The molecule has 2 aromatic heterocycles. The molecule has 0 aliphatic rings. The maximum absolute atomic E-state index is 10.00. The molecular weight excluding hydrogens is 322 g/mol. The highest BCUT2D eigenvalue weighted by Crippen LogP contribution is 2.28. The number of furan rings is 1. The number of benzene rings is 1. The summed E-state index contributed by atoms with van der Waals surface area (Å²) in [4.78, 5) is 0. The first-order valence-corrected chi connectivity index (χ1v) is 8.79. The van der Waals surface area contributed by atoms with Gasteiger partial charge in [-0.3, -0.25) is 4.57 Å². The molecule has 0 saturated heterocycles. The molecule has 0 spiro atoms. The molecule has 6 heteroatoms. The van der Waals surface area contributed by atoms with Crippen LogP contribution in [-0.2, 0) is 6.54 Å². The minimum Gasteiger partial charge on any atom is -0.467 e. The summed E-state index contributed by atoms with van der Waals surface area (Å²) < 4.78 is 7.53. The second-order valence-electron chi connectivity index (χ2n) is 6.39. The third-order valence-electron chi connectivity index (χ3n) is 3.55. The van der Waals surface area contributed by atoms with E-state index in [1.807, 2.05) is 34.9 Å². The highest BCUT2D eigenvalue weighted by Gasteiger charge is 2.20. The summed E-state index contributed by atoms with van der Waals surface area (Å²) >= 11 is 1.49. The fraction of sp³-hybridized carbons (Fsp3) is 0.333. The van der Waals surface area contributed by atoms with Crippen molar-refractivity contribution >= 4 is 11.8 Å². The maximum Gasteiger partial charge on any atom is 0.192 e. The second kappa shape index (κ2) is 6.83. The van der Waals surface area contributed by atoms with E-state index in [4.69, 9.17) is 4.42 Å². The normalized spacial score (nSPS) is 11.8. The zero-order valence-corrected chi connectivity index (χ0v) is 14.9. The zero-order chi connectivity index (χ0) is 17.2. The van der Waals surface area contributed by atoms with Gasteiger partial charge in [0.25, 0.3) is 0 Å². The molecular formula is C18H21N3O2S. The van der Waals surface area contributed by atoms with E-state index in [-0.39, 0.29) is 0 Å². The lowest BCUT2D eigenvalue weighted by atomic mass is 10.1. The van der Waals surface area contributed by atoms with Gasteiger partial charge in [0.15, 0.2) is 11.0 Å². The third-order valence-corrected chi connectivity index (χ3v) is 4.96. The smallest absolute Gasteiger partial charge is 0.192 e. The number of rotatable bonds is 6.